The third-order valence-corrected chi connectivity index (χ3v) is 4.62. The van der Waals surface area contributed by atoms with Crippen LogP contribution in [-0.2, 0) is 11.3 Å². The Balaban J connectivity index is 2.24. The van der Waals surface area contributed by atoms with E-state index in [0.29, 0.717) is 24.2 Å². The van der Waals surface area contributed by atoms with Crippen LogP contribution < -0.4 is 10.9 Å². The summed E-state index contributed by atoms with van der Waals surface area (Å²) in [5, 5.41) is 8.80. The van der Waals surface area contributed by atoms with Crippen molar-refractivity contribution in [2.45, 2.75) is 40.2 Å². The van der Waals surface area contributed by atoms with Gasteiger partial charge in [0.05, 0.1) is 17.0 Å². The van der Waals surface area contributed by atoms with E-state index in [2.05, 4.69) is 29.2 Å². The van der Waals surface area contributed by atoms with Crippen LogP contribution >= 0.6 is 0 Å². The summed E-state index contributed by atoms with van der Waals surface area (Å²) in [7, 11) is 0. The van der Waals surface area contributed by atoms with E-state index in [1.54, 1.807) is 6.07 Å². The predicted molar refractivity (Wildman–Crippen MR) is 101 cm³/mol. The molecule has 0 radical (unpaired) electrons. The van der Waals surface area contributed by atoms with E-state index in [4.69, 9.17) is 0 Å². The van der Waals surface area contributed by atoms with Crippen molar-refractivity contribution < 1.29 is 4.79 Å². The quantitative estimate of drug-likeness (QED) is 0.795. The van der Waals surface area contributed by atoms with Gasteiger partial charge in [0, 0.05) is 25.0 Å². The first kappa shape index (κ1) is 19.1. The minimum Gasteiger partial charge on any atom is -0.354 e. The Bertz CT molecular complexity index is 781. The van der Waals surface area contributed by atoms with Crippen molar-refractivity contribution in [3.8, 4) is 0 Å². The zero-order chi connectivity index (χ0) is 18.4. The van der Waals surface area contributed by atoms with Gasteiger partial charge in [-0.3, -0.25) is 9.59 Å². The number of likely N-dealkylation sites (N-methyl/N-ethyl adjacent to an activating group) is 1. The molecular formula is C19H28N4O2. The third kappa shape index (κ3) is 4.25. The first-order chi connectivity index (χ1) is 12.0. The SMILES string of the molecule is CCN(CC)CCNC(=O)[C@@H](C)c1nn(CC)c(=O)c2ccccc12. The minimum atomic E-state index is -0.417. The number of carbonyl (C=O) groups is 1. The summed E-state index contributed by atoms with van der Waals surface area (Å²) in [5.74, 6) is -0.480. The molecule has 0 bridgehead atoms. The van der Waals surface area contributed by atoms with E-state index in [0.717, 1.165) is 25.0 Å². The molecule has 0 saturated carbocycles. The van der Waals surface area contributed by atoms with Crippen LogP contribution in [0.1, 0.15) is 39.3 Å². The topological polar surface area (TPSA) is 67.2 Å². The van der Waals surface area contributed by atoms with Crippen LogP contribution in [0.5, 0.6) is 0 Å². The molecule has 1 heterocycles. The highest BCUT2D eigenvalue weighted by atomic mass is 16.2. The monoisotopic (exact) mass is 344 g/mol. The van der Waals surface area contributed by atoms with Gasteiger partial charge in [0.2, 0.25) is 5.91 Å². The first-order valence-electron chi connectivity index (χ1n) is 9.03. The zero-order valence-electron chi connectivity index (χ0n) is 15.6. The van der Waals surface area contributed by atoms with Crippen LogP contribution in [0.15, 0.2) is 29.1 Å². The molecule has 136 valence electrons. The molecule has 0 aliphatic rings. The number of carbonyl (C=O) groups excluding carboxylic acids is 1. The van der Waals surface area contributed by atoms with Gasteiger partial charge in [0.15, 0.2) is 0 Å². The molecule has 6 heteroatoms. The summed E-state index contributed by atoms with van der Waals surface area (Å²) >= 11 is 0. The van der Waals surface area contributed by atoms with Crippen LogP contribution in [0.25, 0.3) is 10.8 Å². The first-order valence-corrected chi connectivity index (χ1v) is 9.03. The molecule has 1 aromatic carbocycles. The Morgan fingerprint density at radius 1 is 1.20 bits per heavy atom. The lowest BCUT2D eigenvalue weighted by Crippen LogP contribution is -2.37. The smallest absolute Gasteiger partial charge is 0.274 e. The molecule has 2 rings (SSSR count). The second-order valence-corrected chi connectivity index (χ2v) is 6.09. The fraction of sp³-hybridized carbons (Fsp3) is 0.526. The lowest BCUT2D eigenvalue weighted by atomic mass is 10.0. The largest absolute Gasteiger partial charge is 0.354 e. The number of nitrogens with zero attached hydrogens (tertiary/aromatic N) is 3. The van der Waals surface area contributed by atoms with Gasteiger partial charge in [-0.2, -0.15) is 5.10 Å². The second-order valence-electron chi connectivity index (χ2n) is 6.09. The van der Waals surface area contributed by atoms with Gasteiger partial charge < -0.3 is 10.2 Å². The lowest BCUT2D eigenvalue weighted by molar-refractivity contribution is -0.122. The molecule has 1 aromatic heterocycles. The highest BCUT2D eigenvalue weighted by Gasteiger charge is 2.21. The fourth-order valence-electron chi connectivity index (χ4n) is 2.95. The molecule has 1 amide bonds. The second kappa shape index (κ2) is 8.76. The number of rotatable bonds is 8. The van der Waals surface area contributed by atoms with Gasteiger partial charge in [-0.05, 0) is 33.0 Å². The Kier molecular flexibility index (Phi) is 6.70. The summed E-state index contributed by atoms with van der Waals surface area (Å²) in [6, 6.07) is 7.36. The van der Waals surface area contributed by atoms with E-state index in [1.165, 1.54) is 4.68 Å². The molecule has 1 atom stereocenters. The van der Waals surface area contributed by atoms with Crippen molar-refractivity contribution in [2.75, 3.05) is 26.2 Å². The molecule has 0 fully saturated rings. The Hall–Kier alpha value is -2.21. The molecule has 0 saturated heterocycles. The van der Waals surface area contributed by atoms with Crippen LogP contribution in [0.4, 0.5) is 0 Å². The van der Waals surface area contributed by atoms with Gasteiger partial charge in [-0.1, -0.05) is 32.0 Å². The van der Waals surface area contributed by atoms with Gasteiger partial charge >= 0.3 is 0 Å². The van der Waals surface area contributed by atoms with Crippen LogP contribution in [0.2, 0.25) is 0 Å². The lowest BCUT2D eigenvalue weighted by Gasteiger charge is -2.19. The van der Waals surface area contributed by atoms with E-state index in [1.807, 2.05) is 32.0 Å². The number of benzene rings is 1. The van der Waals surface area contributed by atoms with E-state index >= 15 is 0 Å². The molecule has 0 spiro atoms. The maximum Gasteiger partial charge on any atom is 0.274 e. The predicted octanol–water partition coefficient (Wildman–Crippen LogP) is 1.98. The van der Waals surface area contributed by atoms with Gasteiger partial charge in [-0.15, -0.1) is 0 Å². The number of nitrogens with one attached hydrogen (secondary N) is 1. The van der Waals surface area contributed by atoms with Crippen molar-refractivity contribution in [3.05, 3.63) is 40.3 Å². The van der Waals surface area contributed by atoms with Gasteiger partial charge in [-0.25, -0.2) is 4.68 Å². The molecule has 1 N–H and O–H groups in total. The Labute approximate surface area is 148 Å². The number of hydrogen-bond donors (Lipinski definition) is 1. The average Bonchev–Trinajstić information content (AvgIpc) is 2.65. The molecule has 6 nitrogen and oxygen atoms in total. The van der Waals surface area contributed by atoms with E-state index in [-0.39, 0.29) is 11.5 Å². The number of fused-ring (bicyclic) bond motifs is 1. The maximum absolute atomic E-state index is 12.6. The maximum atomic E-state index is 12.6. The molecule has 0 unspecified atom stereocenters. The fourth-order valence-corrected chi connectivity index (χ4v) is 2.95. The summed E-state index contributed by atoms with van der Waals surface area (Å²) in [4.78, 5) is 27.2. The van der Waals surface area contributed by atoms with Crippen molar-refractivity contribution >= 4 is 16.7 Å². The number of aryl methyl sites for hydroxylation is 1. The molecule has 25 heavy (non-hydrogen) atoms. The van der Waals surface area contributed by atoms with E-state index in [9.17, 15) is 9.59 Å². The summed E-state index contributed by atoms with van der Waals surface area (Å²) in [5.41, 5.74) is 0.536. The van der Waals surface area contributed by atoms with Crippen molar-refractivity contribution in [2.24, 2.45) is 0 Å². The van der Waals surface area contributed by atoms with Crippen LogP contribution in [-0.4, -0.2) is 46.8 Å². The van der Waals surface area contributed by atoms with Crippen molar-refractivity contribution in [1.82, 2.24) is 20.0 Å². The number of amides is 1. The zero-order valence-corrected chi connectivity index (χ0v) is 15.6. The highest BCUT2D eigenvalue weighted by Crippen LogP contribution is 2.21. The van der Waals surface area contributed by atoms with Crippen LogP contribution in [0.3, 0.4) is 0 Å². The summed E-state index contributed by atoms with van der Waals surface area (Å²) in [6.07, 6.45) is 0. The molecule has 0 aliphatic heterocycles. The highest BCUT2D eigenvalue weighted by molar-refractivity contribution is 5.91. The van der Waals surface area contributed by atoms with Gasteiger partial charge in [0.1, 0.15) is 0 Å². The van der Waals surface area contributed by atoms with Crippen LogP contribution in [0, 0.1) is 0 Å². The normalized spacial score (nSPS) is 12.5. The van der Waals surface area contributed by atoms with Gasteiger partial charge in [0.25, 0.3) is 5.56 Å². The minimum absolute atomic E-state index is 0.0638. The number of aromatic nitrogens is 2. The standard InChI is InChI=1S/C19H28N4O2/c1-5-22(6-2)13-12-20-18(24)14(4)17-15-10-8-9-11-16(15)19(25)23(7-3)21-17/h8-11,14H,5-7,12-13H2,1-4H3,(H,20,24)/t14-/m0/s1. The third-order valence-electron chi connectivity index (χ3n) is 4.62. The van der Waals surface area contributed by atoms with E-state index < -0.39 is 5.92 Å². The number of hydrogen-bond acceptors (Lipinski definition) is 4. The molecule has 0 aliphatic carbocycles. The van der Waals surface area contributed by atoms with Crippen molar-refractivity contribution in [3.63, 3.8) is 0 Å². The molecular weight excluding hydrogens is 316 g/mol. The summed E-state index contributed by atoms with van der Waals surface area (Å²) in [6.45, 7) is 11.8. The molecule has 2 aromatic rings. The summed E-state index contributed by atoms with van der Waals surface area (Å²) < 4.78 is 1.43. The Morgan fingerprint density at radius 2 is 1.84 bits per heavy atom. The average molecular weight is 344 g/mol. The Morgan fingerprint density at radius 3 is 2.44 bits per heavy atom. The van der Waals surface area contributed by atoms with Crippen molar-refractivity contribution in [1.29, 1.82) is 0 Å².